The number of likely N-dealkylation sites (tertiary alicyclic amines) is 1. The van der Waals surface area contributed by atoms with Gasteiger partial charge in [0.15, 0.2) is 17.6 Å². The number of rotatable bonds is 10. The molecule has 0 amide bonds. The number of aliphatic hydroxyl groups excluding tert-OH is 1. The van der Waals surface area contributed by atoms with Gasteiger partial charge in [0.25, 0.3) is 0 Å². The summed E-state index contributed by atoms with van der Waals surface area (Å²) < 4.78 is 31.9. The van der Waals surface area contributed by atoms with E-state index in [1.807, 2.05) is 6.92 Å². The number of nitrogens with one attached hydrogen (secondary N) is 2. The van der Waals surface area contributed by atoms with Crippen molar-refractivity contribution in [1.82, 2.24) is 15.5 Å². The Bertz CT molecular complexity index is 671. The van der Waals surface area contributed by atoms with Crippen molar-refractivity contribution in [1.29, 1.82) is 0 Å². The Morgan fingerprint density at radius 2 is 1.94 bits per heavy atom. The summed E-state index contributed by atoms with van der Waals surface area (Å²) in [6, 6.07) is 4.36. The van der Waals surface area contributed by atoms with Gasteiger partial charge in [0.05, 0.1) is 19.3 Å². The molecule has 9 heteroatoms. The molecule has 3 N–H and O–H groups in total. The zero-order valence-corrected chi connectivity index (χ0v) is 21.1. The number of aliphatic imine (C=N–C) groups is 1. The Morgan fingerprint density at radius 3 is 2.55 bits per heavy atom. The third-order valence-corrected chi connectivity index (χ3v) is 4.88. The summed E-state index contributed by atoms with van der Waals surface area (Å²) in [5, 5.41) is 16.7. The summed E-state index contributed by atoms with van der Waals surface area (Å²) in [4.78, 5) is 6.72. The number of piperidine rings is 1. The summed E-state index contributed by atoms with van der Waals surface area (Å²) in [6.45, 7) is 10.4. The number of aliphatic hydroxyl groups is 1. The fraction of sp³-hybridized carbons (Fsp3) is 0.682. The van der Waals surface area contributed by atoms with Gasteiger partial charge >= 0.3 is 0 Å². The Kier molecular flexibility index (Phi) is 13.5. The highest BCUT2D eigenvalue weighted by molar-refractivity contribution is 14.0. The first-order chi connectivity index (χ1) is 14.4. The molecule has 6 nitrogen and oxygen atoms in total. The van der Waals surface area contributed by atoms with Crippen LogP contribution in [0, 0.1) is 17.6 Å². The van der Waals surface area contributed by atoms with Crippen LogP contribution in [0.4, 0.5) is 8.78 Å². The average molecular weight is 554 g/mol. The van der Waals surface area contributed by atoms with Gasteiger partial charge in [-0.25, -0.2) is 8.78 Å². The van der Waals surface area contributed by atoms with E-state index in [9.17, 15) is 13.9 Å². The normalized spacial score (nSPS) is 16.8. The monoisotopic (exact) mass is 554 g/mol. The van der Waals surface area contributed by atoms with Crippen molar-refractivity contribution in [3.63, 3.8) is 0 Å². The van der Waals surface area contributed by atoms with Gasteiger partial charge in [-0.2, -0.15) is 0 Å². The number of halogens is 3. The van der Waals surface area contributed by atoms with E-state index in [-0.39, 0.29) is 43.2 Å². The summed E-state index contributed by atoms with van der Waals surface area (Å²) in [5.41, 5.74) is 0.781. The summed E-state index contributed by atoms with van der Waals surface area (Å²) >= 11 is 0. The van der Waals surface area contributed by atoms with Crippen LogP contribution in [0.25, 0.3) is 0 Å². The Morgan fingerprint density at radius 1 is 1.23 bits per heavy atom. The maximum atomic E-state index is 13.4. The maximum absolute atomic E-state index is 13.4. The topological polar surface area (TPSA) is 69.1 Å². The Balaban J connectivity index is 0.00000480. The van der Waals surface area contributed by atoms with E-state index in [0.717, 1.165) is 38.0 Å². The molecule has 0 bridgehead atoms. The van der Waals surface area contributed by atoms with Gasteiger partial charge in [-0.05, 0) is 43.4 Å². The van der Waals surface area contributed by atoms with Crippen molar-refractivity contribution >= 4 is 29.9 Å². The molecule has 0 aliphatic carbocycles. The van der Waals surface area contributed by atoms with Gasteiger partial charge in [0, 0.05) is 38.8 Å². The molecule has 1 fully saturated rings. The largest absolute Gasteiger partial charge is 0.389 e. The number of ether oxygens (including phenoxy) is 1. The molecule has 31 heavy (non-hydrogen) atoms. The maximum Gasteiger partial charge on any atom is 0.191 e. The predicted molar refractivity (Wildman–Crippen MR) is 131 cm³/mol. The molecule has 1 aromatic rings. The number of benzene rings is 1. The van der Waals surface area contributed by atoms with E-state index >= 15 is 0 Å². The number of hydrogen-bond donors (Lipinski definition) is 3. The van der Waals surface area contributed by atoms with Gasteiger partial charge < -0.3 is 20.5 Å². The second-order valence-electron chi connectivity index (χ2n) is 8.25. The van der Waals surface area contributed by atoms with Crippen LogP contribution >= 0.6 is 24.0 Å². The molecule has 1 heterocycles. The van der Waals surface area contributed by atoms with E-state index in [0.29, 0.717) is 25.0 Å². The van der Waals surface area contributed by atoms with E-state index < -0.39 is 17.7 Å². The van der Waals surface area contributed by atoms with Crippen molar-refractivity contribution in [3.05, 3.63) is 35.4 Å². The summed E-state index contributed by atoms with van der Waals surface area (Å²) in [7, 11) is 0. The molecule has 1 aromatic carbocycles. The minimum atomic E-state index is -0.812. The van der Waals surface area contributed by atoms with Gasteiger partial charge in [0.1, 0.15) is 0 Å². The first-order valence-electron chi connectivity index (χ1n) is 10.8. The number of nitrogens with zero attached hydrogens (tertiary/aromatic N) is 2. The van der Waals surface area contributed by atoms with Crippen LogP contribution in [0.1, 0.15) is 39.2 Å². The van der Waals surface area contributed by atoms with Crippen LogP contribution in [0.15, 0.2) is 23.2 Å². The first kappa shape index (κ1) is 28.0. The number of hydrogen-bond acceptors (Lipinski definition) is 4. The first-order valence-corrected chi connectivity index (χ1v) is 10.8. The molecule has 178 valence electrons. The molecule has 1 saturated heterocycles. The van der Waals surface area contributed by atoms with Crippen molar-refractivity contribution in [3.8, 4) is 0 Å². The molecule has 1 aliphatic heterocycles. The van der Waals surface area contributed by atoms with E-state index in [1.54, 1.807) is 6.07 Å². The third-order valence-electron chi connectivity index (χ3n) is 4.88. The summed E-state index contributed by atoms with van der Waals surface area (Å²) in [5.74, 6) is -0.479. The molecule has 2 rings (SSSR count). The van der Waals surface area contributed by atoms with Crippen molar-refractivity contribution in [2.45, 2.75) is 52.3 Å². The van der Waals surface area contributed by atoms with Crippen molar-refractivity contribution in [2.24, 2.45) is 10.9 Å². The van der Waals surface area contributed by atoms with E-state index in [2.05, 4.69) is 34.4 Å². The Hall–Kier alpha value is -1.04. The quantitative estimate of drug-likeness (QED) is 0.236. The molecule has 1 aliphatic rings. The van der Waals surface area contributed by atoms with E-state index in [1.165, 1.54) is 12.1 Å². The second kappa shape index (κ2) is 14.9. The lowest BCUT2D eigenvalue weighted by molar-refractivity contribution is 0.0301. The highest BCUT2D eigenvalue weighted by Gasteiger charge is 2.20. The smallest absolute Gasteiger partial charge is 0.191 e. The van der Waals surface area contributed by atoms with Crippen molar-refractivity contribution in [2.75, 3.05) is 39.4 Å². The van der Waals surface area contributed by atoms with Crippen LogP contribution in [0.2, 0.25) is 0 Å². The van der Waals surface area contributed by atoms with Crippen LogP contribution < -0.4 is 10.6 Å². The molecular formula is C22H37F2IN4O2. The van der Waals surface area contributed by atoms with Crippen LogP contribution in [-0.2, 0) is 11.3 Å². The van der Waals surface area contributed by atoms with Crippen LogP contribution in [0.5, 0.6) is 0 Å². The van der Waals surface area contributed by atoms with E-state index in [4.69, 9.17) is 4.74 Å². The fourth-order valence-corrected chi connectivity index (χ4v) is 3.33. The van der Waals surface area contributed by atoms with Gasteiger partial charge in [-0.1, -0.05) is 19.9 Å². The zero-order valence-electron chi connectivity index (χ0n) is 18.7. The molecule has 0 saturated carbocycles. The molecular weight excluding hydrogens is 517 g/mol. The molecule has 0 spiro atoms. The lowest BCUT2D eigenvalue weighted by Gasteiger charge is -2.33. The lowest BCUT2D eigenvalue weighted by atomic mass is 10.0. The average Bonchev–Trinajstić information content (AvgIpc) is 2.70. The van der Waals surface area contributed by atoms with Crippen molar-refractivity contribution < 1.29 is 18.6 Å². The summed E-state index contributed by atoms with van der Waals surface area (Å²) in [6.07, 6.45) is 1.22. The number of guanidine groups is 1. The lowest BCUT2D eigenvalue weighted by Crippen LogP contribution is -2.48. The van der Waals surface area contributed by atoms with Crippen LogP contribution in [-0.4, -0.2) is 67.5 Å². The highest BCUT2D eigenvalue weighted by atomic mass is 127. The van der Waals surface area contributed by atoms with Gasteiger partial charge in [-0.3, -0.25) is 9.89 Å². The minimum Gasteiger partial charge on any atom is -0.389 e. The molecule has 0 radical (unpaired) electrons. The highest BCUT2D eigenvalue weighted by Crippen LogP contribution is 2.16. The van der Waals surface area contributed by atoms with Gasteiger partial charge in [-0.15, -0.1) is 24.0 Å². The Labute approximate surface area is 201 Å². The molecule has 1 unspecified atom stereocenters. The third kappa shape index (κ3) is 10.9. The zero-order chi connectivity index (χ0) is 21.9. The molecule has 1 atom stereocenters. The van der Waals surface area contributed by atoms with Crippen LogP contribution in [0.3, 0.4) is 0 Å². The SMILES string of the molecule is CCNC(=NCC(O)COCC(C)C)NC1CCN(Cc2ccc(F)c(F)c2)CC1.I. The standard InChI is InChI=1S/C22H36F2N4O2.HI/c1-4-25-22(26-12-19(29)15-30-14-16(2)3)27-18-7-9-28(10-8-18)13-17-5-6-20(23)21(24)11-17;/h5-6,11,16,18-19,29H,4,7-10,12-15H2,1-3H3,(H2,25,26,27);1H. The minimum absolute atomic E-state index is 0. The predicted octanol–water partition coefficient (Wildman–Crippen LogP) is 3.14. The fourth-order valence-electron chi connectivity index (χ4n) is 3.33. The molecule has 0 aromatic heterocycles. The second-order valence-corrected chi connectivity index (χ2v) is 8.25. The van der Waals surface area contributed by atoms with Gasteiger partial charge in [0.2, 0.25) is 0 Å².